The van der Waals surface area contributed by atoms with Crippen LogP contribution in [-0.4, -0.2) is 35.7 Å². The maximum absolute atomic E-state index is 10.7. The van der Waals surface area contributed by atoms with E-state index in [-0.39, 0.29) is 6.04 Å². The molecule has 3 unspecified atom stereocenters. The summed E-state index contributed by atoms with van der Waals surface area (Å²) in [4.78, 5) is 10.7. The van der Waals surface area contributed by atoms with Crippen LogP contribution in [-0.2, 0) is 4.79 Å². The summed E-state index contributed by atoms with van der Waals surface area (Å²) in [6.07, 6.45) is 1.03. The molecule has 1 fully saturated rings. The summed E-state index contributed by atoms with van der Waals surface area (Å²) in [6, 6.07) is -0.00963. The lowest BCUT2D eigenvalue weighted by Crippen LogP contribution is -2.62. The van der Waals surface area contributed by atoms with Crippen LogP contribution in [0.3, 0.4) is 0 Å². The highest BCUT2D eigenvalue weighted by molar-refractivity contribution is 5.74. The van der Waals surface area contributed by atoms with Gasteiger partial charge in [-0.2, -0.15) is 0 Å². The van der Waals surface area contributed by atoms with Gasteiger partial charge in [0.1, 0.15) is 6.04 Å². The molecule has 4 nitrogen and oxygen atoms in total. The molecule has 0 aromatic carbocycles. The van der Waals surface area contributed by atoms with E-state index in [1.54, 1.807) is 0 Å². The van der Waals surface area contributed by atoms with Gasteiger partial charge in [0.05, 0.1) is 0 Å². The van der Waals surface area contributed by atoms with Gasteiger partial charge in [0.2, 0.25) is 0 Å². The predicted molar refractivity (Wildman–Crippen MR) is 46.1 cm³/mol. The Bertz CT molecular complexity index is 172. The van der Waals surface area contributed by atoms with Crippen molar-refractivity contribution in [3.8, 4) is 0 Å². The van der Waals surface area contributed by atoms with Crippen molar-refractivity contribution < 1.29 is 9.90 Å². The van der Waals surface area contributed by atoms with Crippen LogP contribution >= 0.6 is 0 Å². The van der Waals surface area contributed by atoms with Crippen LogP contribution < -0.4 is 10.6 Å². The van der Waals surface area contributed by atoms with Crippen molar-refractivity contribution in [3.63, 3.8) is 0 Å². The van der Waals surface area contributed by atoms with E-state index >= 15 is 0 Å². The van der Waals surface area contributed by atoms with Crippen molar-refractivity contribution in [2.45, 2.75) is 38.4 Å². The number of piperazine rings is 1. The Morgan fingerprint density at radius 3 is 2.75 bits per heavy atom. The van der Waals surface area contributed by atoms with Gasteiger partial charge in [0.15, 0.2) is 0 Å². The number of hydrogen-bond donors (Lipinski definition) is 3. The number of carboxylic acid groups (broad SMARTS) is 1. The van der Waals surface area contributed by atoms with E-state index in [0.717, 1.165) is 13.0 Å². The summed E-state index contributed by atoms with van der Waals surface area (Å²) in [6.45, 7) is 4.73. The predicted octanol–water partition coefficient (Wildman–Crippen LogP) is -0.200. The first-order valence-corrected chi connectivity index (χ1v) is 4.37. The molecule has 1 saturated heterocycles. The molecular weight excluding hydrogens is 156 g/mol. The van der Waals surface area contributed by atoms with Gasteiger partial charge < -0.3 is 15.7 Å². The molecule has 70 valence electrons. The molecule has 0 bridgehead atoms. The summed E-state index contributed by atoms with van der Waals surface area (Å²) in [5.74, 6) is -0.774. The van der Waals surface area contributed by atoms with Gasteiger partial charge in [0, 0.05) is 18.6 Å². The average molecular weight is 172 g/mol. The fraction of sp³-hybridized carbons (Fsp3) is 0.875. The standard InChI is InChI=1S/C8H16N2O2/c1-3-6-4-9-7(8(11)12)5(2)10-6/h5-7,9-10H,3-4H2,1-2H3,(H,11,12). The van der Waals surface area contributed by atoms with Gasteiger partial charge in [0.25, 0.3) is 0 Å². The third-order valence-corrected chi connectivity index (χ3v) is 2.34. The second kappa shape index (κ2) is 3.87. The van der Waals surface area contributed by atoms with Crippen molar-refractivity contribution in [3.05, 3.63) is 0 Å². The van der Waals surface area contributed by atoms with E-state index in [1.165, 1.54) is 0 Å². The average Bonchev–Trinajstić information content (AvgIpc) is 2.03. The Kier molecular flexibility index (Phi) is 3.05. The van der Waals surface area contributed by atoms with Crippen molar-refractivity contribution in [2.24, 2.45) is 0 Å². The zero-order chi connectivity index (χ0) is 9.14. The highest BCUT2D eigenvalue weighted by Gasteiger charge is 2.30. The molecule has 1 rings (SSSR count). The number of rotatable bonds is 2. The van der Waals surface area contributed by atoms with Crippen LogP contribution in [0.2, 0.25) is 0 Å². The second-order valence-corrected chi connectivity index (χ2v) is 3.28. The summed E-state index contributed by atoms with van der Waals surface area (Å²) < 4.78 is 0. The zero-order valence-corrected chi connectivity index (χ0v) is 7.50. The molecule has 0 amide bonds. The fourth-order valence-corrected chi connectivity index (χ4v) is 1.54. The topological polar surface area (TPSA) is 61.4 Å². The molecule has 12 heavy (non-hydrogen) atoms. The first kappa shape index (κ1) is 9.48. The number of carbonyl (C=O) groups is 1. The minimum atomic E-state index is -0.774. The van der Waals surface area contributed by atoms with E-state index in [2.05, 4.69) is 17.6 Å². The molecular formula is C8H16N2O2. The fourth-order valence-electron chi connectivity index (χ4n) is 1.54. The molecule has 1 aliphatic heterocycles. The van der Waals surface area contributed by atoms with Crippen LogP contribution in [0.1, 0.15) is 20.3 Å². The molecule has 3 N–H and O–H groups in total. The highest BCUT2D eigenvalue weighted by atomic mass is 16.4. The van der Waals surface area contributed by atoms with Gasteiger partial charge >= 0.3 is 5.97 Å². The first-order valence-electron chi connectivity index (χ1n) is 4.37. The van der Waals surface area contributed by atoms with Crippen molar-refractivity contribution in [1.29, 1.82) is 0 Å². The monoisotopic (exact) mass is 172 g/mol. The summed E-state index contributed by atoms with van der Waals surface area (Å²) in [5.41, 5.74) is 0. The Labute approximate surface area is 72.3 Å². The molecule has 0 saturated carbocycles. The third-order valence-electron chi connectivity index (χ3n) is 2.34. The lowest BCUT2D eigenvalue weighted by atomic mass is 10.0. The summed E-state index contributed by atoms with van der Waals surface area (Å²) in [7, 11) is 0. The molecule has 1 aliphatic rings. The lowest BCUT2D eigenvalue weighted by molar-refractivity contribution is -0.140. The van der Waals surface area contributed by atoms with Crippen LogP contribution in [0.15, 0.2) is 0 Å². The quantitative estimate of drug-likeness (QED) is 0.540. The Morgan fingerprint density at radius 1 is 1.67 bits per heavy atom. The largest absolute Gasteiger partial charge is 0.480 e. The second-order valence-electron chi connectivity index (χ2n) is 3.28. The van der Waals surface area contributed by atoms with Gasteiger partial charge in [-0.3, -0.25) is 4.79 Å². The van der Waals surface area contributed by atoms with E-state index in [0.29, 0.717) is 6.04 Å². The van der Waals surface area contributed by atoms with E-state index in [9.17, 15) is 4.79 Å². The highest BCUT2D eigenvalue weighted by Crippen LogP contribution is 2.04. The van der Waals surface area contributed by atoms with Crippen molar-refractivity contribution in [2.75, 3.05) is 6.54 Å². The molecule has 0 spiro atoms. The van der Waals surface area contributed by atoms with Crippen LogP contribution in [0.5, 0.6) is 0 Å². The minimum absolute atomic E-state index is 0.0150. The molecule has 3 atom stereocenters. The Morgan fingerprint density at radius 2 is 2.33 bits per heavy atom. The SMILES string of the molecule is CCC1CNC(C(=O)O)C(C)N1. The molecule has 0 aromatic heterocycles. The summed E-state index contributed by atoms with van der Waals surface area (Å²) in [5, 5.41) is 15.0. The van der Waals surface area contributed by atoms with E-state index in [4.69, 9.17) is 5.11 Å². The normalized spacial score (nSPS) is 36.3. The first-order chi connectivity index (χ1) is 5.65. The van der Waals surface area contributed by atoms with Crippen LogP contribution in [0.4, 0.5) is 0 Å². The molecule has 4 heteroatoms. The van der Waals surface area contributed by atoms with Crippen molar-refractivity contribution in [1.82, 2.24) is 10.6 Å². The van der Waals surface area contributed by atoms with E-state index < -0.39 is 12.0 Å². The zero-order valence-electron chi connectivity index (χ0n) is 7.50. The molecule has 1 heterocycles. The van der Waals surface area contributed by atoms with Gasteiger partial charge in [-0.05, 0) is 13.3 Å². The third kappa shape index (κ3) is 1.95. The Balaban J connectivity index is 2.47. The van der Waals surface area contributed by atoms with Crippen LogP contribution in [0, 0.1) is 0 Å². The lowest BCUT2D eigenvalue weighted by Gasteiger charge is -2.33. The number of nitrogens with one attached hydrogen (secondary N) is 2. The van der Waals surface area contributed by atoms with Crippen molar-refractivity contribution >= 4 is 5.97 Å². The minimum Gasteiger partial charge on any atom is -0.480 e. The number of aliphatic carboxylic acids is 1. The molecule has 0 radical (unpaired) electrons. The smallest absolute Gasteiger partial charge is 0.322 e. The molecule has 0 aliphatic carbocycles. The maximum atomic E-state index is 10.7. The van der Waals surface area contributed by atoms with Crippen LogP contribution in [0.25, 0.3) is 0 Å². The maximum Gasteiger partial charge on any atom is 0.322 e. The van der Waals surface area contributed by atoms with E-state index in [1.807, 2.05) is 6.92 Å². The van der Waals surface area contributed by atoms with Gasteiger partial charge in [-0.1, -0.05) is 6.92 Å². The Hall–Kier alpha value is -0.610. The van der Waals surface area contributed by atoms with Gasteiger partial charge in [-0.15, -0.1) is 0 Å². The summed E-state index contributed by atoms with van der Waals surface area (Å²) >= 11 is 0. The van der Waals surface area contributed by atoms with Gasteiger partial charge in [-0.25, -0.2) is 0 Å². The number of carboxylic acids is 1. The number of hydrogen-bond acceptors (Lipinski definition) is 3. The molecule has 0 aromatic rings.